The number of hydrogen-bond donors (Lipinski definition) is 1. The molecule has 0 aliphatic heterocycles. The van der Waals surface area contributed by atoms with E-state index in [1.165, 1.54) is 13.2 Å². The summed E-state index contributed by atoms with van der Waals surface area (Å²) in [7, 11) is 1.48. The first-order chi connectivity index (χ1) is 10.5. The van der Waals surface area contributed by atoms with Crippen LogP contribution in [-0.4, -0.2) is 42.3 Å². The number of isothiocyanates is 1. The summed E-state index contributed by atoms with van der Waals surface area (Å²) in [5.41, 5.74) is 0.775. The lowest BCUT2D eigenvalue weighted by Gasteiger charge is -2.27. The Hall–Kier alpha value is -1.46. The molecule has 1 unspecified atom stereocenters. The lowest BCUT2D eigenvalue weighted by Crippen LogP contribution is -2.46. The van der Waals surface area contributed by atoms with Crippen molar-refractivity contribution < 1.29 is 9.53 Å². The van der Waals surface area contributed by atoms with Crippen LogP contribution in [-0.2, 0) is 0 Å². The predicted octanol–water partition coefficient (Wildman–Crippen LogP) is 3.50. The molecule has 0 fully saturated rings. The molecule has 1 N–H and O–H groups in total. The lowest BCUT2D eigenvalue weighted by atomic mass is 10.1. The van der Waals surface area contributed by atoms with Crippen LogP contribution < -0.4 is 10.1 Å². The maximum Gasteiger partial charge on any atom is 0.256 e. The van der Waals surface area contributed by atoms with Gasteiger partial charge in [0.1, 0.15) is 5.75 Å². The average Bonchev–Trinajstić information content (AvgIpc) is 2.50. The average molecular weight is 342 g/mol. The van der Waals surface area contributed by atoms with Crippen LogP contribution in [0.4, 0.5) is 5.69 Å². The van der Waals surface area contributed by atoms with Crippen molar-refractivity contribution >= 4 is 40.6 Å². The molecule has 0 aromatic heterocycles. The van der Waals surface area contributed by atoms with Gasteiger partial charge in [-0.3, -0.25) is 9.69 Å². The highest BCUT2D eigenvalue weighted by Crippen LogP contribution is 2.32. The minimum atomic E-state index is -0.254. The Bertz CT molecular complexity index is 584. The van der Waals surface area contributed by atoms with E-state index in [1.807, 2.05) is 20.8 Å². The molecule has 0 radical (unpaired) electrons. The quantitative estimate of drug-likeness (QED) is 0.468. The highest BCUT2D eigenvalue weighted by atomic mass is 35.5. The second-order valence-corrected chi connectivity index (χ2v) is 5.17. The summed E-state index contributed by atoms with van der Waals surface area (Å²) in [6.07, 6.45) is -0.0929. The number of thiocarbonyl (C=S) groups is 1. The highest BCUT2D eigenvalue weighted by Gasteiger charge is 2.19. The van der Waals surface area contributed by atoms with Gasteiger partial charge in [-0.15, -0.1) is 0 Å². The number of nitrogens with zero attached hydrogens (tertiary/aromatic N) is 2. The molecule has 0 aliphatic carbocycles. The van der Waals surface area contributed by atoms with Crippen LogP contribution in [0.1, 0.15) is 31.1 Å². The van der Waals surface area contributed by atoms with E-state index in [2.05, 4.69) is 32.6 Å². The highest BCUT2D eigenvalue weighted by molar-refractivity contribution is 7.78. The fourth-order valence-electron chi connectivity index (χ4n) is 2.15. The molecule has 1 atom stereocenters. The fourth-order valence-corrected chi connectivity index (χ4v) is 2.46. The summed E-state index contributed by atoms with van der Waals surface area (Å²) in [5.74, 6) is 0.133. The van der Waals surface area contributed by atoms with Crippen molar-refractivity contribution in [1.82, 2.24) is 10.2 Å². The Morgan fingerprint density at radius 3 is 2.64 bits per heavy atom. The molecule has 0 bridgehead atoms. The summed E-state index contributed by atoms with van der Waals surface area (Å²) >= 11 is 10.7. The SMILES string of the molecule is CCN(CC)C(C)NC(=O)c1cc(Cl)c(N=C=S)cc1OC. The van der Waals surface area contributed by atoms with Crippen molar-refractivity contribution in [2.24, 2.45) is 4.99 Å². The molecule has 0 aliphatic rings. The number of nitrogens with one attached hydrogen (secondary N) is 1. The van der Waals surface area contributed by atoms with Crippen molar-refractivity contribution in [2.75, 3.05) is 20.2 Å². The predicted molar refractivity (Wildman–Crippen MR) is 92.5 cm³/mol. The number of methoxy groups -OCH3 is 1. The summed E-state index contributed by atoms with van der Waals surface area (Å²) in [5, 5.41) is 5.50. The van der Waals surface area contributed by atoms with Gasteiger partial charge in [-0.2, -0.15) is 4.99 Å². The molecule has 0 saturated carbocycles. The zero-order valence-electron chi connectivity index (χ0n) is 13.1. The topological polar surface area (TPSA) is 53.9 Å². The molecule has 0 heterocycles. The number of halogens is 1. The van der Waals surface area contributed by atoms with Gasteiger partial charge in [0.05, 0.1) is 34.7 Å². The standard InChI is InChI=1S/C15H20ClN3O2S/c1-5-19(6-2)10(3)18-15(20)11-7-12(16)13(17-9-22)8-14(11)21-4/h7-8,10H,5-6H2,1-4H3,(H,18,20). The second-order valence-electron chi connectivity index (χ2n) is 4.58. The van der Waals surface area contributed by atoms with Crippen molar-refractivity contribution in [1.29, 1.82) is 0 Å². The third-order valence-electron chi connectivity index (χ3n) is 3.38. The van der Waals surface area contributed by atoms with Gasteiger partial charge in [0.2, 0.25) is 0 Å². The normalized spacial score (nSPS) is 11.7. The largest absolute Gasteiger partial charge is 0.496 e. The van der Waals surface area contributed by atoms with Crippen molar-refractivity contribution in [3.63, 3.8) is 0 Å². The second kappa shape index (κ2) is 8.86. The Labute approximate surface area is 141 Å². The van der Waals surface area contributed by atoms with E-state index >= 15 is 0 Å². The molecule has 1 rings (SSSR count). The molecule has 5 nitrogen and oxygen atoms in total. The van der Waals surface area contributed by atoms with Gasteiger partial charge in [-0.25, -0.2) is 0 Å². The van der Waals surface area contributed by atoms with Gasteiger partial charge in [0.25, 0.3) is 5.91 Å². The van der Waals surface area contributed by atoms with Crippen LogP contribution >= 0.6 is 23.8 Å². The number of ether oxygens (including phenoxy) is 1. The molecular formula is C15H20ClN3O2S. The van der Waals surface area contributed by atoms with Crippen LogP contribution in [0.15, 0.2) is 17.1 Å². The minimum Gasteiger partial charge on any atom is -0.496 e. The van der Waals surface area contributed by atoms with E-state index in [4.69, 9.17) is 16.3 Å². The number of amides is 1. The number of aliphatic imine (C=N–C) groups is 1. The molecule has 0 spiro atoms. The van der Waals surface area contributed by atoms with Gasteiger partial charge in [0, 0.05) is 6.07 Å². The van der Waals surface area contributed by atoms with Gasteiger partial charge in [-0.1, -0.05) is 25.4 Å². The van der Waals surface area contributed by atoms with Crippen LogP contribution in [0.2, 0.25) is 5.02 Å². The summed E-state index contributed by atoms with van der Waals surface area (Å²) in [6.45, 7) is 7.71. The number of benzene rings is 1. The number of hydrogen-bond acceptors (Lipinski definition) is 5. The molecule has 1 aromatic carbocycles. The van der Waals surface area contributed by atoms with Gasteiger partial charge >= 0.3 is 0 Å². The smallest absolute Gasteiger partial charge is 0.256 e. The summed E-state index contributed by atoms with van der Waals surface area (Å²) in [4.78, 5) is 18.4. The maximum absolute atomic E-state index is 12.4. The van der Waals surface area contributed by atoms with Gasteiger partial charge in [0.15, 0.2) is 0 Å². The minimum absolute atomic E-state index is 0.0929. The molecule has 120 valence electrons. The fraction of sp³-hybridized carbons (Fsp3) is 0.467. The molecular weight excluding hydrogens is 322 g/mol. The van der Waals surface area contributed by atoms with Gasteiger partial charge in [-0.05, 0) is 38.3 Å². The zero-order valence-corrected chi connectivity index (χ0v) is 14.7. The van der Waals surface area contributed by atoms with E-state index in [0.29, 0.717) is 22.0 Å². The van der Waals surface area contributed by atoms with Crippen LogP contribution in [0.3, 0.4) is 0 Å². The molecule has 1 aromatic rings. The first kappa shape index (κ1) is 18.6. The Kier molecular flexibility index (Phi) is 7.48. The first-order valence-electron chi connectivity index (χ1n) is 6.98. The number of carbonyl (C=O) groups excluding carboxylic acids is 1. The first-order valence-corrected chi connectivity index (χ1v) is 7.77. The zero-order chi connectivity index (χ0) is 16.7. The third-order valence-corrected chi connectivity index (χ3v) is 3.77. The maximum atomic E-state index is 12.4. The Morgan fingerprint density at radius 1 is 1.50 bits per heavy atom. The molecule has 0 saturated heterocycles. The summed E-state index contributed by atoms with van der Waals surface area (Å²) in [6, 6.07) is 3.09. The summed E-state index contributed by atoms with van der Waals surface area (Å²) < 4.78 is 5.25. The van der Waals surface area contributed by atoms with Crippen molar-refractivity contribution in [2.45, 2.75) is 26.9 Å². The van der Waals surface area contributed by atoms with Crippen LogP contribution in [0, 0.1) is 0 Å². The Balaban J connectivity index is 3.07. The van der Waals surface area contributed by atoms with Crippen LogP contribution in [0.5, 0.6) is 5.75 Å². The third kappa shape index (κ3) is 4.52. The number of carbonyl (C=O) groups is 1. The Morgan fingerprint density at radius 2 is 2.14 bits per heavy atom. The number of rotatable bonds is 7. The molecule has 7 heteroatoms. The van der Waals surface area contributed by atoms with Crippen LogP contribution in [0.25, 0.3) is 0 Å². The lowest BCUT2D eigenvalue weighted by molar-refractivity contribution is 0.0872. The van der Waals surface area contributed by atoms with E-state index in [1.54, 1.807) is 6.07 Å². The van der Waals surface area contributed by atoms with Crippen molar-refractivity contribution in [3.05, 3.63) is 22.7 Å². The van der Waals surface area contributed by atoms with E-state index < -0.39 is 0 Å². The molecule has 22 heavy (non-hydrogen) atoms. The van der Waals surface area contributed by atoms with E-state index in [9.17, 15) is 4.79 Å². The van der Waals surface area contributed by atoms with Crippen molar-refractivity contribution in [3.8, 4) is 5.75 Å². The van der Waals surface area contributed by atoms with E-state index in [-0.39, 0.29) is 12.1 Å². The monoisotopic (exact) mass is 341 g/mol. The van der Waals surface area contributed by atoms with Gasteiger partial charge < -0.3 is 10.1 Å². The van der Waals surface area contributed by atoms with E-state index in [0.717, 1.165) is 13.1 Å². The molecule has 1 amide bonds.